The normalized spacial score (nSPS) is 17.1. The average Bonchev–Trinajstić information content (AvgIpc) is 2.97. The van der Waals surface area contributed by atoms with E-state index in [4.69, 9.17) is 0 Å². The minimum absolute atomic E-state index is 0.0664. The summed E-state index contributed by atoms with van der Waals surface area (Å²) in [7, 11) is 0. The van der Waals surface area contributed by atoms with E-state index in [1.54, 1.807) is 11.8 Å². The van der Waals surface area contributed by atoms with Crippen LogP contribution in [0.25, 0.3) is 0 Å². The van der Waals surface area contributed by atoms with Gasteiger partial charge in [0.05, 0.1) is 6.10 Å². The molecule has 4 heteroatoms. The summed E-state index contributed by atoms with van der Waals surface area (Å²) < 4.78 is 0. The molecule has 1 atom stereocenters. The molecule has 1 fully saturated rings. The molecule has 1 aliphatic rings. The number of aliphatic hydroxyl groups excluding tert-OH is 1. The molecule has 0 aromatic heterocycles. The van der Waals surface area contributed by atoms with Crippen LogP contribution in [-0.2, 0) is 4.79 Å². The lowest BCUT2D eigenvalue weighted by molar-refractivity contribution is -0.122. The Bertz CT molecular complexity index is 427. The summed E-state index contributed by atoms with van der Waals surface area (Å²) in [5, 5.41) is 12.9. The van der Waals surface area contributed by atoms with Crippen molar-refractivity contribution in [3.05, 3.63) is 29.8 Å². The summed E-state index contributed by atoms with van der Waals surface area (Å²) >= 11 is 1.67. The maximum atomic E-state index is 11.8. The van der Waals surface area contributed by atoms with Crippen LogP contribution in [0.3, 0.4) is 0 Å². The van der Waals surface area contributed by atoms with Crippen molar-refractivity contribution >= 4 is 17.7 Å². The van der Waals surface area contributed by atoms with Crippen LogP contribution in [0.15, 0.2) is 29.2 Å². The number of amides is 1. The monoisotopic (exact) mass is 293 g/mol. The van der Waals surface area contributed by atoms with E-state index in [-0.39, 0.29) is 5.91 Å². The number of aliphatic hydroxyl groups is 1. The number of thioether (sulfide) groups is 1. The third-order valence-electron chi connectivity index (χ3n) is 3.94. The molecule has 0 heterocycles. The molecule has 0 unspecified atom stereocenters. The number of nitrogens with one attached hydrogen (secondary N) is 1. The highest BCUT2D eigenvalue weighted by atomic mass is 32.2. The highest BCUT2D eigenvalue weighted by Gasteiger charge is 2.18. The van der Waals surface area contributed by atoms with Crippen molar-refractivity contribution in [1.82, 2.24) is 5.32 Å². The molecule has 0 bridgehead atoms. The van der Waals surface area contributed by atoms with Gasteiger partial charge in [-0.15, -0.1) is 11.8 Å². The van der Waals surface area contributed by atoms with E-state index in [1.165, 1.54) is 30.6 Å². The Kier molecular flexibility index (Phi) is 5.92. The number of carbonyl (C=O) groups excluding carboxylic acids is 1. The van der Waals surface area contributed by atoms with Crippen molar-refractivity contribution in [2.45, 2.75) is 43.1 Å². The molecule has 1 aromatic rings. The van der Waals surface area contributed by atoms with E-state index < -0.39 is 6.10 Å². The third kappa shape index (κ3) is 4.53. The van der Waals surface area contributed by atoms with Crippen LogP contribution in [0.5, 0.6) is 0 Å². The van der Waals surface area contributed by atoms with E-state index in [1.807, 2.05) is 30.5 Å². The Morgan fingerprint density at radius 1 is 1.35 bits per heavy atom. The molecule has 110 valence electrons. The van der Waals surface area contributed by atoms with Crippen molar-refractivity contribution < 1.29 is 9.90 Å². The summed E-state index contributed by atoms with van der Waals surface area (Å²) in [6, 6.07) is 7.81. The molecule has 1 amide bonds. The van der Waals surface area contributed by atoms with Crippen LogP contribution in [0.4, 0.5) is 0 Å². The summed E-state index contributed by atoms with van der Waals surface area (Å²) in [6.07, 6.45) is 6.86. The van der Waals surface area contributed by atoms with Crippen LogP contribution < -0.4 is 5.32 Å². The van der Waals surface area contributed by atoms with E-state index in [2.05, 4.69) is 5.32 Å². The fraction of sp³-hybridized carbons (Fsp3) is 0.562. The van der Waals surface area contributed by atoms with E-state index in [9.17, 15) is 9.90 Å². The Morgan fingerprint density at radius 2 is 2.00 bits per heavy atom. The molecule has 1 saturated carbocycles. The zero-order chi connectivity index (χ0) is 14.4. The van der Waals surface area contributed by atoms with Crippen molar-refractivity contribution in [3.8, 4) is 0 Å². The predicted molar refractivity (Wildman–Crippen MR) is 82.8 cm³/mol. The second-order valence-electron chi connectivity index (χ2n) is 5.45. The first-order chi connectivity index (χ1) is 9.69. The van der Waals surface area contributed by atoms with E-state index in [0.29, 0.717) is 18.9 Å². The van der Waals surface area contributed by atoms with Gasteiger partial charge in [0.2, 0.25) is 5.91 Å². The molecular weight excluding hydrogens is 270 g/mol. The molecule has 0 aliphatic heterocycles. The average molecular weight is 293 g/mol. The topological polar surface area (TPSA) is 49.3 Å². The second kappa shape index (κ2) is 7.70. The van der Waals surface area contributed by atoms with Crippen molar-refractivity contribution in [3.63, 3.8) is 0 Å². The highest BCUT2D eigenvalue weighted by Crippen LogP contribution is 2.27. The van der Waals surface area contributed by atoms with Gasteiger partial charge in [0.25, 0.3) is 0 Å². The standard InChI is InChI=1S/C16H23NO2S/c1-20-14-8-6-13(7-9-14)15(18)11-17-16(19)10-12-4-2-3-5-12/h6-9,12,15,18H,2-5,10-11H2,1H3,(H,17,19)/t15-/m0/s1. The van der Waals surface area contributed by atoms with Gasteiger partial charge in [-0.05, 0) is 42.7 Å². The number of hydrogen-bond acceptors (Lipinski definition) is 3. The first kappa shape index (κ1) is 15.4. The smallest absolute Gasteiger partial charge is 0.220 e. The van der Waals surface area contributed by atoms with Crippen molar-refractivity contribution in [2.75, 3.05) is 12.8 Å². The highest BCUT2D eigenvalue weighted by molar-refractivity contribution is 7.98. The van der Waals surface area contributed by atoms with Gasteiger partial charge in [0, 0.05) is 17.9 Å². The molecular formula is C16H23NO2S. The second-order valence-corrected chi connectivity index (χ2v) is 6.33. The summed E-state index contributed by atoms with van der Waals surface area (Å²) in [6.45, 7) is 0.296. The van der Waals surface area contributed by atoms with Crippen LogP contribution >= 0.6 is 11.8 Å². The molecule has 0 radical (unpaired) electrons. The maximum absolute atomic E-state index is 11.8. The first-order valence-electron chi connectivity index (χ1n) is 7.27. The van der Waals surface area contributed by atoms with E-state index >= 15 is 0 Å². The zero-order valence-electron chi connectivity index (χ0n) is 12.0. The maximum Gasteiger partial charge on any atom is 0.220 e. The summed E-state index contributed by atoms with van der Waals surface area (Å²) in [4.78, 5) is 13.0. The van der Waals surface area contributed by atoms with Crippen molar-refractivity contribution in [2.24, 2.45) is 5.92 Å². The lowest BCUT2D eigenvalue weighted by atomic mass is 10.0. The number of hydrogen-bond donors (Lipinski definition) is 2. The van der Waals surface area contributed by atoms with Crippen LogP contribution in [-0.4, -0.2) is 23.8 Å². The largest absolute Gasteiger partial charge is 0.387 e. The van der Waals surface area contributed by atoms with Gasteiger partial charge in [-0.25, -0.2) is 0 Å². The fourth-order valence-electron chi connectivity index (χ4n) is 2.70. The number of rotatable bonds is 6. The molecule has 0 spiro atoms. The molecule has 2 rings (SSSR count). The Hall–Kier alpha value is -1.00. The van der Waals surface area contributed by atoms with Gasteiger partial charge in [0.15, 0.2) is 0 Å². The van der Waals surface area contributed by atoms with Gasteiger partial charge in [-0.1, -0.05) is 25.0 Å². The Morgan fingerprint density at radius 3 is 2.60 bits per heavy atom. The molecule has 20 heavy (non-hydrogen) atoms. The van der Waals surface area contributed by atoms with Crippen molar-refractivity contribution in [1.29, 1.82) is 0 Å². The van der Waals surface area contributed by atoms with E-state index in [0.717, 1.165) is 5.56 Å². The Balaban J connectivity index is 1.75. The van der Waals surface area contributed by atoms with Gasteiger partial charge < -0.3 is 10.4 Å². The predicted octanol–water partition coefficient (Wildman–Crippen LogP) is 3.14. The number of carbonyl (C=O) groups is 1. The van der Waals surface area contributed by atoms with Crippen LogP contribution in [0.2, 0.25) is 0 Å². The van der Waals surface area contributed by atoms with Gasteiger partial charge in [-0.3, -0.25) is 4.79 Å². The molecule has 1 aliphatic carbocycles. The van der Waals surface area contributed by atoms with Crippen LogP contribution in [0, 0.1) is 5.92 Å². The lowest BCUT2D eigenvalue weighted by Gasteiger charge is -2.14. The quantitative estimate of drug-likeness (QED) is 0.792. The minimum atomic E-state index is -0.626. The minimum Gasteiger partial charge on any atom is -0.387 e. The van der Waals surface area contributed by atoms with Crippen LogP contribution in [0.1, 0.15) is 43.8 Å². The molecule has 3 nitrogen and oxygen atoms in total. The SMILES string of the molecule is CSc1ccc([C@@H](O)CNC(=O)CC2CCCC2)cc1. The Labute approximate surface area is 125 Å². The summed E-state index contributed by atoms with van der Waals surface area (Å²) in [5.41, 5.74) is 0.851. The third-order valence-corrected chi connectivity index (χ3v) is 4.69. The van der Waals surface area contributed by atoms with Gasteiger partial charge in [0.1, 0.15) is 0 Å². The molecule has 0 saturated heterocycles. The number of benzene rings is 1. The van der Waals surface area contributed by atoms with Gasteiger partial charge >= 0.3 is 0 Å². The zero-order valence-corrected chi connectivity index (χ0v) is 12.8. The molecule has 2 N–H and O–H groups in total. The summed E-state index contributed by atoms with van der Waals surface area (Å²) in [5.74, 6) is 0.615. The lowest BCUT2D eigenvalue weighted by Crippen LogP contribution is -2.29. The molecule has 1 aromatic carbocycles. The first-order valence-corrected chi connectivity index (χ1v) is 8.50. The van der Waals surface area contributed by atoms with Gasteiger partial charge in [-0.2, -0.15) is 0 Å². The fourth-order valence-corrected chi connectivity index (χ4v) is 3.11.